The number of Topliss-reactive ketones (excluding diaryl/α,β-unsaturated/α-hetero) is 1. The Bertz CT molecular complexity index is 195. The summed E-state index contributed by atoms with van der Waals surface area (Å²) in [5.41, 5.74) is 0. The predicted molar refractivity (Wildman–Crippen MR) is 55.0 cm³/mol. The number of carbonyl (C=O) groups is 2. The smallest absolute Gasteiger partial charge is 0.314 e. The second-order valence-electron chi connectivity index (χ2n) is 4.22. The fourth-order valence-electron chi connectivity index (χ4n) is 1.85. The highest BCUT2D eigenvalue weighted by Gasteiger charge is 2.31. The van der Waals surface area contributed by atoms with Crippen molar-refractivity contribution in [3.05, 3.63) is 0 Å². The number of hydrogen-bond donors (Lipinski definition) is 1. The minimum Gasteiger partial charge on any atom is -0.481 e. The van der Waals surface area contributed by atoms with Crippen LogP contribution in [-0.4, -0.2) is 16.9 Å². The van der Waals surface area contributed by atoms with Gasteiger partial charge in [0.05, 0.1) is 0 Å². The van der Waals surface area contributed by atoms with E-state index in [0.717, 1.165) is 12.8 Å². The first-order valence-electron chi connectivity index (χ1n) is 5.13. The van der Waals surface area contributed by atoms with E-state index < -0.39 is 11.9 Å². The molecule has 82 valence electrons. The molecule has 0 aromatic carbocycles. The highest BCUT2D eigenvalue weighted by atomic mass is 16.4. The molecule has 2 atom stereocenters. The van der Waals surface area contributed by atoms with Gasteiger partial charge in [0.25, 0.3) is 0 Å². The van der Waals surface area contributed by atoms with E-state index in [2.05, 4.69) is 0 Å². The van der Waals surface area contributed by atoms with Gasteiger partial charge in [-0.3, -0.25) is 9.59 Å². The standard InChI is InChI=1S/C11H20O3/c1-5-9(6-7(2)3)10(8(4)12)11(13)14/h7,9-10H,5-6H2,1-4H3,(H,13,14)/t9-,10?/m0/s1. The Hall–Kier alpha value is -0.860. The third-order valence-electron chi connectivity index (χ3n) is 2.47. The third kappa shape index (κ3) is 3.90. The second-order valence-corrected chi connectivity index (χ2v) is 4.22. The van der Waals surface area contributed by atoms with Crippen LogP contribution in [0.1, 0.15) is 40.5 Å². The lowest BCUT2D eigenvalue weighted by atomic mass is 9.81. The molecule has 0 aromatic rings. The van der Waals surface area contributed by atoms with Gasteiger partial charge in [-0.05, 0) is 25.2 Å². The lowest BCUT2D eigenvalue weighted by molar-refractivity contribution is -0.148. The molecule has 1 unspecified atom stereocenters. The molecule has 0 saturated carbocycles. The lowest BCUT2D eigenvalue weighted by Gasteiger charge is -2.22. The Kier molecular flexibility index (Phi) is 5.43. The van der Waals surface area contributed by atoms with Gasteiger partial charge in [-0.15, -0.1) is 0 Å². The second kappa shape index (κ2) is 5.78. The first kappa shape index (κ1) is 13.1. The fourth-order valence-corrected chi connectivity index (χ4v) is 1.85. The zero-order chi connectivity index (χ0) is 11.3. The number of rotatable bonds is 6. The van der Waals surface area contributed by atoms with Crippen molar-refractivity contribution in [2.24, 2.45) is 17.8 Å². The maximum atomic E-state index is 11.2. The molecule has 0 rings (SSSR count). The molecule has 3 heteroatoms. The van der Waals surface area contributed by atoms with Crippen molar-refractivity contribution in [2.45, 2.75) is 40.5 Å². The highest BCUT2D eigenvalue weighted by Crippen LogP contribution is 2.24. The zero-order valence-corrected chi connectivity index (χ0v) is 9.41. The normalized spacial score (nSPS) is 15.2. The first-order valence-corrected chi connectivity index (χ1v) is 5.13. The van der Waals surface area contributed by atoms with Gasteiger partial charge in [-0.2, -0.15) is 0 Å². The van der Waals surface area contributed by atoms with E-state index in [1.165, 1.54) is 6.92 Å². The van der Waals surface area contributed by atoms with E-state index in [1.807, 2.05) is 20.8 Å². The Morgan fingerprint density at radius 3 is 2.00 bits per heavy atom. The Morgan fingerprint density at radius 2 is 1.79 bits per heavy atom. The van der Waals surface area contributed by atoms with E-state index in [-0.39, 0.29) is 11.7 Å². The van der Waals surface area contributed by atoms with Crippen molar-refractivity contribution >= 4 is 11.8 Å². The minimum absolute atomic E-state index is 0.0231. The molecule has 0 fully saturated rings. The summed E-state index contributed by atoms with van der Waals surface area (Å²) in [5.74, 6) is -1.62. The largest absolute Gasteiger partial charge is 0.481 e. The maximum absolute atomic E-state index is 11.2. The van der Waals surface area contributed by atoms with Gasteiger partial charge in [-0.25, -0.2) is 0 Å². The molecule has 0 bridgehead atoms. The first-order chi connectivity index (χ1) is 6.40. The molecule has 0 aliphatic rings. The molecule has 0 aliphatic heterocycles. The van der Waals surface area contributed by atoms with Gasteiger partial charge in [-0.1, -0.05) is 27.2 Å². The Morgan fingerprint density at radius 1 is 1.29 bits per heavy atom. The third-order valence-corrected chi connectivity index (χ3v) is 2.47. The van der Waals surface area contributed by atoms with E-state index in [9.17, 15) is 9.59 Å². The average molecular weight is 200 g/mol. The Labute approximate surface area is 85.5 Å². The van der Waals surface area contributed by atoms with Crippen molar-refractivity contribution in [1.29, 1.82) is 0 Å². The van der Waals surface area contributed by atoms with Gasteiger partial charge < -0.3 is 5.11 Å². The van der Waals surface area contributed by atoms with Gasteiger partial charge in [0.1, 0.15) is 11.7 Å². The lowest BCUT2D eigenvalue weighted by Crippen LogP contribution is -2.30. The van der Waals surface area contributed by atoms with Gasteiger partial charge in [0.15, 0.2) is 0 Å². The molecule has 0 saturated heterocycles. The van der Waals surface area contributed by atoms with Crippen LogP contribution in [0.15, 0.2) is 0 Å². The predicted octanol–water partition coefficient (Wildman–Crippen LogP) is 2.35. The van der Waals surface area contributed by atoms with Gasteiger partial charge in [0, 0.05) is 0 Å². The highest BCUT2D eigenvalue weighted by molar-refractivity contribution is 5.97. The fraction of sp³-hybridized carbons (Fsp3) is 0.818. The van der Waals surface area contributed by atoms with E-state index in [1.54, 1.807) is 0 Å². The number of aliphatic carboxylic acids is 1. The average Bonchev–Trinajstić information content (AvgIpc) is 2.00. The van der Waals surface area contributed by atoms with E-state index in [0.29, 0.717) is 5.92 Å². The summed E-state index contributed by atoms with van der Waals surface area (Å²) in [4.78, 5) is 22.1. The maximum Gasteiger partial charge on any atom is 0.314 e. The van der Waals surface area contributed by atoms with Crippen LogP contribution in [0, 0.1) is 17.8 Å². The van der Waals surface area contributed by atoms with Crippen LogP contribution in [0.3, 0.4) is 0 Å². The van der Waals surface area contributed by atoms with Crippen LogP contribution >= 0.6 is 0 Å². The molecule has 1 N–H and O–H groups in total. The van der Waals surface area contributed by atoms with E-state index in [4.69, 9.17) is 5.11 Å². The topological polar surface area (TPSA) is 54.4 Å². The van der Waals surface area contributed by atoms with Crippen molar-refractivity contribution < 1.29 is 14.7 Å². The number of hydrogen-bond acceptors (Lipinski definition) is 2. The van der Waals surface area contributed by atoms with Gasteiger partial charge >= 0.3 is 5.97 Å². The quantitative estimate of drug-likeness (QED) is 0.669. The van der Waals surface area contributed by atoms with Crippen LogP contribution in [0.25, 0.3) is 0 Å². The molecular weight excluding hydrogens is 180 g/mol. The molecule has 0 spiro atoms. The van der Waals surface area contributed by atoms with Crippen molar-refractivity contribution in [3.8, 4) is 0 Å². The summed E-state index contributed by atoms with van der Waals surface area (Å²) >= 11 is 0. The van der Waals surface area contributed by atoms with Crippen molar-refractivity contribution in [2.75, 3.05) is 0 Å². The van der Waals surface area contributed by atoms with Crippen molar-refractivity contribution in [1.82, 2.24) is 0 Å². The summed E-state index contributed by atoms with van der Waals surface area (Å²) in [6.45, 7) is 7.39. The molecule has 0 radical (unpaired) electrons. The van der Waals surface area contributed by atoms with E-state index >= 15 is 0 Å². The molecule has 14 heavy (non-hydrogen) atoms. The van der Waals surface area contributed by atoms with Crippen LogP contribution in [-0.2, 0) is 9.59 Å². The summed E-state index contributed by atoms with van der Waals surface area (Å²) in [5, 5.41) is 8.94. The summed E-state index contributed by atoms with van der Waals surface area (Å²) in [6, 6.07) is 0. The molecule has 0 aromatic heterocycles. The van der Waals surface area contributed by atoms with Crippen molar-refractivity contribution in [3.63, 3.8) is 0 Å². The van der Waals surface area contributed by atoms with Gasteiger partial charge in [0.2, 0.25) is 0 Å². The molecule has 3 nitrogen and oxygen atoms in total. The summed E-state index contributed by atoms with van der Waals surface area (Å²) < 4.78 is 0. The number of carbonyl (C=O) groups excluding carboxylic acids is 1. The molecule has 0 heterocycles. The Balaban J connectivity index is 4.59. The van der Waals surface area contributed by atoms with Crippen LogP contribution < -0.4 is 0 Å². The summed E-state index contributed by atoms with van der Waals surface area (Å²) in [6.07, 6.45) is 1.54. The minimum atomic E-state index is -0.981. The molecule has 0 amide bonds. The summed E-state index contributed by atoms with van der Waals surface area (Å²) in [7, 11) is 0. The van der Waals surface area contributed by atoms with Crippen LogP contribution in [0.4, 0.5) is 0 Å². The molecular formula is C11H20O3. The monoisotopic (exact) mass is 200 g/mol. The van der Waals surface area contributed by atoms with Crippen LogP contribution in [0.2, 0.25) is 0 Å². The zero-order valence-electron chi connectivity index (χ0n) is 9.41. The van der Waals surface area contributed by atoms with Crippen LogP contribution in [0.5, 0.6) is 0 Å². The molecule has 0 aliphatic carbocycles. The SMILES string of the molecule is CC[C@@H](CC(C)C)C(C(C)=O)C(=O)O. The number of ketones is 1. The number of carboxylic acids is 1. The number of carboxylic acid groups (broad SMARTS) is 1.